The van der Waals surface area contributed by atoms with Gasteiger partial charge < -0.3 is 9.64 Å². The minimum absolute atomic E-state index is 0. The highest BCUT2D eigenvalue weighted by Gasteiger charge is 2.15. The molecule has 0 N–H and O–H groups in total. The van der Waals surface area contributed by atoms with Crippen LogP contribution in [0, 0.1) is 0 Å². The van der Waals surface area contributed by atoms with Crippen LogP contribution in [-0.2, 0) is 11.3 Å². The average molecular weight is 312 g/mol. The van der Waals surface area contributed by atoms with Gasteiger partial charge in [0.25, 0.3) is 0 Å². The summed E-state index contributed by atoms with van der Waals surface area (Å²) in [6, 6.07) is 6.13. The molecule has 0 fully saturated rings. The SMILES string of the molecule is C=CC(=O)N(C)Cc1cccc(C(C)C)c1OCCC.Cl. The summed E-state index contributed by atoms with van der Waals surface area (Å²) in [6.07, 6.45) is 2.30. The molecule has 118 valence electrons. The number of hydrogen-bond acceptors (Lipinski definition) is 2. The number of ether oxygens (including phenoxy) is 1. The summed E-state index contributed by atoms with van der Waals surface area (Å²) in [5.74, 6) is 1.23. The van der Waals surface area contributed by atoms with Crippen LogP contribution >= 0.6 is 12.4 Å². The maximum atomic E-state index is 11.6. The molecule has 1 aromatic rings. The van der Waals surface area contributed by atoms with Crippen molar-refractivity contribution in [2.75, 3.05) is 13.7 Å². The first kappa shape index (κ1) is 19.5. The van der Waals surface area contributed by atoms with Crippen molar-refractivity contribution in [3.63, 3.8) is 0 Å². The molecule has 0 aliphatic rings. The van der Waals surface area contributed by atoms with Crippen LogP contribution in [0.3, 0.4) is 0 Å². The number of hydrogen-bond donors (Lipinski definition) is 0. The van der Waals surface area contributed by atoms with Crippen molar-refractivity contribution in [1.82, 2.24) is 4.90 Å². The summed E-state index contributed by atoms with van der Waals surface area (Å²) in [5, 5.41) is 0. The molecule has 0 aliphatic heterocycles. The third-order valence-electron chi connectivity index (χ3n) is 3.16. The maximum Gasteiger partial charge on any atom is 0.245 e. The first-order valence-corrected chi connectivity index (χ1v) is 7.13. The van der Waals surface area contributed by atoms with Gasteiger partial charge >= 0.3 is 0 Å². The van der Waals surface area contributed by atoms with E-state index in [2.05, 4.69) is 33.4 Å². The van der Waals surface area contributed by atoms with Crippen LogP contribution in [0.4, 0.5) is 0 Å². The zero-order valence-corrected chi connectivity index (χ0v) is 14.2. The number of likely N-dealkylation sites (N-methyl/N-ethyl adjacent to an activating group) is 1. The minimum atomic E-state index is -0.0820. The number of rotatable bonds is 7. The van der Waals surface area contributed by atoms with Crippen LogP contribution in [0.1, 0.15) is 44.2 Å². The van der Waals surface area contributed by atoms with E-state index in [1.54, 1.807) is 11.9 Å². The van der Waals surface area contributed by atoms with Crippen molar-refractivity contribution < 1.29 is 9.53 Å². The molecule has 1 aromatic carbocycles. The van der Waals surface area contributed by atoms with E-state index < -0.39 is 0 Å². The van der Waals surface area contributed by atoms with Crippen molar-refractivity contribution in [2.45, 2.75) is 39.7 Å². The van der Waals surface area contributed by atoms with Crippen molar-refractivity contribution in [3.05, 3.63) is 42.0 Å². The van der Waals surface area contributed by atoms with Gasteiger partial charge in [-0.15, -0.1) is 12.4 Å². The Bertz CT molecular complexity index is 472. The fourth-order valence-corrected chi connectivity index (χ4v) is 2.05. The third-order valence-corrected chi connectivity index (χ3v) is 3.16. The van der Waals surface area contributed by atoms with Crippen LogP contribution in [0.5, 0.6) is 5.75 Å². The molecule has 0 unspecified atom stereocenters. The van der Waals surface area contributed by atoms with Gasteiger partial charge in [0.2, 0.25) is 5.91 Å². The van der Waals surface area contributed by atoms with Gasteiger partial charge in [-0.1, -0.05) is 45.5 Å². The summed E-state index contributed by atoms with van der Waals surface area (Å²) in [5.41, 5.74) is 2.23. The summed E-state index contributed by atoms with van der Waals surface area (Å²) in [6.45, 7) is 11.1. The molecule has 4 heteroatoms. The molecule has 0 saturated heterocycles. The Morgan fingerprint density at radius 1 is 1.43 bits per heavy atom. The second-order valence-corrected chi connectivity index (χ2v) is 5.24. The summed E-state index contributed by atoms with van der Waals surface area (Å²) < 4.78 is 5.93. The maximum absolute atomic E-state index is 11.6. The Kier molecular flexibility index (Phi) is 8.79. The lowest BCUT2D eigenvalue weighted by Gasteiger charge is -2.21. The van der Waals surface area contributed by atoms with Gasteiger partial charge in [0.1, 0.15) is 5.75 Å². The Labute approximate surface area is 134 Å². The molecule has 21 heavy (non-hydrogen) atoms. The van der Waals surface area contributed by atoms with Crippen molar-refractivity contribution in [2.24, 2.45) is 0 Å². The van der Waals surface area contributed by atoms with Crippen molar-refractivity contribution in [3.8, 4) is 5.75 Å². The van der Waals surface area contributed by atoms with Crippen molar-refractivity contribution in [1.29, 1.82) is 0 Å². The first-order valence-electron chi connectivity index (χ1n) is 7.13. The van der Waals surface area contributed by atoms with Gasteiger partial charge in [-0.25, -0.2) is 0 Å². The van der Waals surface area contributed by atoms with E-state index in [0.717, 1.165) is 17.7 Å². The van der Waals surface area contributed by atoms with E-state index >= 15 is 0 Å². The van der Waals surface area contributed by atoms with Crippen LogP contribution in [0.15, 0.2) is 30.9 Å². The van der Waals surface area contributed by atoms with Gasteiger partial charge in [-0.05, 0) is 24.0 Å². The number of carbonyl (C=O) groups is 1. The number of benzene rings is 1. The van der Waals surface area contributed by atoms with E-state index in [1.807, 2.05) is 12.1 Å². The number of amides is 1. The molecular formula is C17H26ClNO2. The molecular weight excluding hydrogens is 286 g/mol. The number of halogens is 1. The normalized spacial score (nSPS) is 9.95. The second kappa shape index (κ2) is 9.46. The van der Waals surface area contributed by atoms with E-state index in [4.69, 9.17) is 4.74 Å². The van der Waals surface area contributed by atoms with Gasteiger partial charge in [0.15, 0.2) is 0 Å². The Balaban J connectivity index is 0.00000400. The molecule has 0 radical (unpaired) electrons. The predicted molar refractivity (Wildman–Crippen MR) is 90.2 cm³/mol. The van der Waals surface area contributed by atoms with Crippen LogP contribution in [0.2, 0.25) is 0 Å². The van der Waals surface area contributed by atoms with Crippen LogP contribution < -0.4 is 4.74 Å². The first-order chi connectivity index (χ1) is 9.51. The highest BCUT2D eigenvalue weighted by atomic mass is 35.5. The summed E-state index contributed by atoms with van der Waals surface area (Å²) in [4.78, 5) is 13.3. The molecule has 0 spiro atoms. The smallest absolute Gasteiger partial charge is 0.245 e. The zero-order chi connectivity index (χ0) is 15.1. The average Bonchev–Trinajstić information content (AvgIpc) is 2.44. The fraction of sp³-hybridized carbons (Fsp3) is 0.471. The molecule has 1 amide bonds. The quantitative estimate of drug-likeness (QED) is 0.707. The topological polar surface area (TPSA) is 29.5 Å². The fourth-order valence-electron chi connectivity index (χ4n) is 2.05. The molecule has 0 saturated carbocycles. The Morgan fingerprint density at radius 3 is 2.62 bits per heavy atom. The van der Waals surface area contributed by atoms with Crippen LogP contribution in [0.25, 0.3) is 0 Å². The lowest BCUT2D eigenvalue weighted by Crippen LogP contribution is -2.24. The minimum Gasteiger partial charge on any atom is -0.493 e. The lowest BCUT2D eigenvalue weighted by atomic mass is 9.98. The third kappa shape index (κ3) is 5.43. The molecule has 0 aliphatic carbocycles. The number of nitrogens with zero attached hydrogens (tertiary/aromatic N) is 1. The number of para-hydroxylation sites is 1. The molecule has 0 aromatic heterocycles. The van der Waals surface area contributed by atoms with Gasteiger partial charge in [0, 0.05) is 19.2 Å². The Morgan fingerprint density at radius 2 is 2.10 bits per heavy atom. The number of carbonyl (C=O) groups excluding carboxylic acids is 1. The van der Waals surface area contributed by atoms with Gasteiger partial charge in [0.05, 0.1) is 6.61 Å². The standard InChI is InChI=1S/C17H25NO2.ClH/c1-6-11-20-17-14(12-18(5)16(19)7-2)9-8-10-15(17)13(3)4;/h7-10,13H,2,6,11-12H2,1,3-5H3;1H. The Hall–Kier alpha value is -1.48. The summed E-state index contributed by atoms with van der Waals surface area (Å²) in [7, 11) is 1.77. The highest BCUT2D eigenvalue weighted by Crippen LogP contribution is 2.31. The van der Waals surface area contributed by atoms with E-state index in [-0.39, 0.29) is 18.3 Å². The predicted octanol–water partition coefficient (Wildman–Crippen LogP) is 4.17. The molecule has 1 rings (SSSR count). The molecule has 0 atom stereocenters. The van der Waals surface area contributed by atoms with E-state index in [1.165, 1.54) is 11.6 Å². The zero-order valence-electron chi connectivity index (χ0n) is 13.4. The molecule has 0 heterocycles. The van der Waals surface area contributed by atoms with Gasteiger partial charge in [-0.2, -0.15) is 0 Å². The summed E-state index contributed by atoms with van der Waals surface area (Å²) >= 11 is 0. The molecule has 0 bridgehead atoms. The van der Waals surface area contributed by atoms with Crippen LogP contribution in [-0.4, -0.2) is 24.5 Å². The monoisotopic (exact) mass is 311 g/mol. The largest absolute Gasteiger partial charge is 0.493 e. The molecule has 3 nitrogen and oxygen atoms in total. The van der Waals surface area contributed by atoms with E-state index in [9.17, 15) is 4.79 Å². The van der Waals surface area contributed by atoms with Gasteiger partial charge in [-0.3, -0.25) is 4.79 Å². The highest BCUT2D eigenvalue weighted by molar-refractivity contribution is 5.86. The lowest BCUT2D eigenvalue weighted by molar-refractivity contribution is -0.125. The second-order valence-electron chi connectivity index (χ2n) is 5.24. The van der Waals surface area contributed by atoms with E-state index in [0.29, 0.717) is 19.1 Å². The van der Waals surface area contributed by atoms with Crippen molar-refractivity contribution >= 4 is 18.3 Å².